The SMILES string of the molecule is C[C@H](CNC(=O)c1cc([N+](=O)[O-])ccc1Cl)c1ccccc1. The van der Waals surface area contributed by atoms with Gasteiger partial charge in [-0.1, -0.05) is 48.9 Å². The summed E-state index contributed by atoms with van der Waals surface area (Å²) < 4.78 is 0. The molecule has 0 unspecified atom stereocenters. The Balaban J connectivity index is 2.06. The van der Waals surface area contributed by atoms with Gasteiger partial charge in [-0.3, -0.25) is 14.9 Å². The zero-order chi connectivity index (χ0) is 16.1. The molecule has 114 valence electrons. The van der Waals surface area contributed by atoms with Crippen LogP contribution < -0.4 is 5.32 Å². The molecular formula is C16H15ClN2O3. The lowest BCUT2D eigenvalue weighted by Gasteiger charge is -2.13. The second-order valence-electron chi connectivity index (χ2n) is 4.94. The normalized spacial score (nSPS) is 11.7. The monoisotopic (exact) mass is 318 g/mol. The van der Waals surface area contributed by atoms with Crippen molar-refractivity contribution in [2.24, 2.45) is 0 Å². The Morgan fingerprint density at radius 3 is 2.59 bits per heavy atom. The first-order valence-corrected chi connectivity index (χ1v) is 7.14. The third-order valence-corrected chi connectivity index (χ3v) is 3.67. The Morgan fingerprint density at radius 2 is 1.95 bits per heavy atom. The van der Waals surface area contributed by atoms with E-state index in [1.54, 1.807) is 0 Å². The van der Waals surface area contributed by atoms with Crippen LogP contribution in [0, 0.1) is 10.1 Å². The molecular weight excluding hydrogens is 304 g/mol. The maximum atomic E-state index is 12.2. The molecule has 0 bridgehead atoms. The number of carbonyl (C=O) groups excluding carboxylic acids is 1. The molecule has 0 aliphatic carbocycles. The van der Waals surface area contributed by atoms with Gasteiger partial charge in [0.15, 0.2) is 0 Å². The number of nitro benzene ring substituents is 1. The van der Waals surface area contributed by atoms with Gasteiger partial charge in [-0.05, 0) is 17.5 Å². The van der Waals surface area contributed by atoms with Crippen LogP contribution in [0.3, 0.4) is 0 Å². The topological polar surface area (TPSA) is 72.2 Å². The van der Waals surface area contributed by atoms with Gasteiger partial charge in [0.1, 0.15) is 0 Å². The molecule has 0 radical (unpaired) electrons. The third-order valence-electron chi connectivity index (χ3n) is 3.34. The average Bonchev–Trinajstić information content (AvgIpc) is 2.53. The van der Waals surface area contributed by atoms with E-state index in [4.69, 9.17) is 11.6 Å². The summed E-state index contributed by atoms with van der Waals surface area (Å²) in [6.45, 7) is 2.41. The van der Waals surface area contributed by atoms with Gasteiger partial charge in [-0.25, -0.2) is 0 Å². The molecule has 0 aromatic heterocycles. The van der Waals surface area contributed by atoms with Crippen LogP contribution in [-0.2, 0) is 0 Å². The predicted octanol–water partition coefficient (Wildman–Crippen LogP) is 3.78. The summed E-state index contributed by atoms with van der Waals surface area (Å²) in [5, 5.41) is 13.7. The molecule has 0 aliphatic heterocycles. The van der Waals surface area contributed by atoms with Crippen LogP contribution in [0.25, 0.3) is 0 Å². The fourth-order valence-corrected chi connectivity index (χ4v) is 2.24. The van der Waals surface area contributed by atoms with Crippen LogP contribution in [-0.4, -0.2) is 17.4 Å². The number of nitro groups is 1. The summed E-state index contributed by atoms with van der Waals surface area (Å²) in [5.74, 6) is -0.292. The fraction of sp³-hybridized carbons (Fsp3) is 0.188. The Labute approximate surface area is 133 Å². The minimum Gasteiger partial charge on any atom is -0.351 e. The largest absolute Gasteiger partial charge is 0.351 e. The summed E-state index contributed by atoms with van der Waals surface area (Å²) in [6, 6.07) is 13.6. The number of hydrogen-bond acceptors (Lipinski definition) is 3. The zero-order valence-corrected chi connectivity index (χ0v) is 12.7. The standard InChI is InChI=1S/C16H15ClN2O3/c1-11(12-5-3-2-4-6-12)10-18-16(20)14-9-13(19(21)22)7-8-15(14)17/h2-9,11H,10H2,1H3,(H,18,20)/t11-/m1/s1. The van der Waals surface area contributed by atoms with Gasteiger partial charge in [0.05, 0.1) is 15.5 Å². The van der Waals surface area contributed by atoms with Crippen molar-refractivity contribution in [3.05, 3.63) is 74.8 Å². The summed E-state index contributed by atoms with van der Waals surface area (Å²) in [5.41, 5.74) is 1.05. The van der Waals surface area contributed by atoms with Crippen LogP contribution >= 0.6 is 11.6 Å². The number of nitrogens with zero attached hydrogens (tertiary/aromatic N) is 1. The van der Waals surface area contributed by atoms with Crippen LogP contribution in [0.2, 0.25) is 5.02 Å². The van der Waals surface area contributed by atoms with E-state index in [0.717, 1.165) is 5.56 Å². The van der Waals surface area contributed by atoms with Crippen LogP contribution in [0.5, 0.6) is 0 Å². The number of rotatable bonds is 5. The zero-order valence-electron chi connectivity index (χ0n) is 12.0. The second kappa shape index (κ2) is 7.04. The van der Waals surface area contributed by atoms with Gasteiger partial charge < -0.3 is 5.32 Å². The van der Waals surface area contributed by atoms with Crippen molar-refractivity contribution in [2.45, 2.75) is 12.8 Å². The average molecular weight is 319 g/mol. The van der Waals surface area contributed by atoms with Crippen molar-refractivity contribution in [1.29, 1.82) is 0 Å². The fourth-order valence-electron chi connectivity index (χ4n) is 2.04. The molecule has 0 heterocycles. The molecule has 0 saturated carbocycles. The minimum absolute atomic E-state index is 0.108. The number of amides is 1. The molecule has 2 aromatic rings. The first-order valence-electron chi connectivity index (χ1n) is 6.76. The number of benzene rings is 2. The van der Waals surface area contributed by atoms with E-state index in [-0.39, 0.29) is 22.2 Å². The Bertz CT molecular complexity index is 689. The van der Waals surface area contributed by atoms with Gasteiger partial charge in [0, 0.05) is 18.7 Å². The quantitative estimate of drug-likeness (QED) is 0.673. The van der Waals surface area contributed by atoms with Crippen LogP contribution in [0.15, 0.2) is 48.5 Å². The van der Waals surface area contributed by atoms with Crippen molar-refractivity contribution < 1.29 is 9.72 Å². The maximum Gasteiger partial charge on any atom is 0.270 e. The summed E-state index contributed by atoms with van der Waals surface area (Å²) in [6.07, 6.45) is 0. The number of halogens is 1. The number of carbonyl (C=O) groups is 1. The van der Waals surface area contributed by atoms with Gasteiger partial charge >= 0.3 is 0 Å². The molecule has 6 heteroatoms. The lowest BCUT2D eigenvalue weighted by Crippen LogP contribution is -2.27. The predicted molar refractivity (Wildman–Crippen MR) is 85.3 cm³/mol. The molecule has 1 N–H and O–H groups in total. The van der Waals surface area contributed by atoms with Gasteiger partial charge in [-0.2, -0.15) is 0 Å². The Hall–Kier alpha value is -2.40. The molecule has 2 aromatic carbocycles. The van der Waals surface area contributed by atoms with E-state index >= 15 is 0 Å². The molecule has 5 nitrogen and oxygen atoms in total. The summed E-state index contributed by atoms with van der Waals surface area (Å²) in [4.78, 5) is 22.4. The molecule has 2 rings (SSSR count). The third kappa shape index (κ3) is 3.83. The summed E-state index contributed by atoms with van der Waals surface area (Å²) >= 11 is 5.94. The van der Waals surface area contributed by atoms with Crippen LogP contribution in [0.4, 0.5) is 5.69 Å². The first-order chi connectivity index (χ1) is 10.5. The molecule has 22 heavy (non-hydrogen) atoms. The van der Waals surface area contributed by atoms with Crippen LogP contribution in [0.1, 0.15) is 28.8 Å². The summed E-state index contributed by atoms with van der Waals surface area (Å²) in [7, 11) is 0. The second-order valence-corrected chi connectivity index (χ2v) is 5.35. The minimum atomic E-state index is -0.556. The van der Waals surface area contributed by atoms with Crippen molar-refractivity contribution in [2.75, 3.05) is 6.54 Å². The molecule has 0 saturated heterocycles. The highest BCUT2D eigenvalue weighted by Crippen LogP contribution is 2.22. The molecule has 0 aliphatic rings. The van der Waals surface area contributed by atoms with Gasteiger partial charge in [0.2, 0.25) is 0 Å². The highest BCUT2D eigenvalue weighted by Gasteiger charge is 2.16. The highest BCUT2D eigenvalue weighted by atomic mass is 35.5. The van der Waals surface area contributed by atoms with Gasteiger partial charge in [-0.15, -0.1) is 0 Å². The Morgan fingerprint density at radius 1 is 1.27 bits per heavy atom. The van der Waals surface area contributed by atoms with Crippen molar-refractivity contribution >= 4 is 23.2 Å². The van der Waals surface area contributed by atoms with E-state index in [1.165, 1.54) is 18.2 Å². The van der Waals surface area contributed by atoms with E-state index in [9.17, 15) is 14.9 Å². The Kier molecular flexibility index (Phi) is 5.12. The van der Waals surface area contributed by atoms with Crippen molar-refractivity contribution in [1.82, 2.24) is 5.32 Å². The first kappa shape index (κ1) is 16.0. The number of hydrogen-bond donors (Lipinski definition) is 1. The number of nitrogens with one attached hydrogen (secondary N) is 1. The molecule has 1 atom stereocenters. The molecule has 0 fully saturated rings. The lowest BCUT2D eigenvalue weighted by atomic mass is 10.0. The smallest absolute Gasteiger partial charge is 0.270 e. The van der Waals surface area contributed by atoms with Crippen molar-refractivity contribution in [3.8, 4) is 0 Å². The van der Waals surface area contributed by atoms with Gasteiger partial charge in [0.25, 0.3) is 11.6 Å². The van der Waals surface area contributed by atoms with E-state index < -0.39 is 10.8 Å². The van der Waals surface area contributed by atoms with E-state index in [1.807, 2.05) is 37.3 Å². The lowest BCUT2D eigenvalue weighted by molar-refractivity contribution is -0.384. The molecule has 1 amide bonds. The highest BCUT2D eigenvalue weighted by molar-refractivity contribution is 6.33. The van der Waals surface area contributed by atoms with Crippen molar-refractivity contribution in [3.63, 3.8) is 0 Å². The maximum absolute atomic E-state index is 12.2. The molecule has 0 spiro atoms. The van der Waals surface area contributed by atoms with E-state index in [2.05, 4.69) is 5.32 Å². The van der Waals surface area contributed by atoms with E-state index in [0.29, 0.717) is 6.54 Å². The number of non-ortho nitro benzene ring substituents is 1.